The van der Waals surface area contributed by atoms with Gasteiger partial charge in [0.1, 0.15) is 5.69 Å². The molecular weight excluding hydrogens is 294 g/mol. The first-order chi connectivity index (χ1) is 10.1. The van der Waals surface area contributed by atoms with E-state index in [0.29, 0.717) is 16.4 Å². The molecule has 8 heteroatoms. The van der Waals surface area contributed by atoms with Gasteiger partial charge in [0.25, 0.3) is 11.5 Å². The van der Waals surface area contributed by atoms with Crippen LogP contribution in [0, 0.1) is 0 Å². The first kappa shape index (κ1) is 15.0. The van der Waals surface area contributed by atoms with E-state index >= 15 is 0 Å². The van der Waals surface area contributed by atoms with E-state index in [4.69, 9.17) is 22.1 Å². The van der Waals surface area contributed by atoms with Gasteiger partial charge in [0, 0.05) is 18.2 Å². The number of hydrogen-bond acceptors (Lipinski definition) is 3. The Morgan fingerprint density at radius 2 is 2.33 bits per heavy atom. The van der Waals surface area contributed by atoms with Gasteiger partial charge in [-0.2, -0.15) is 0 Å². The van der Waals surface area contributed by atoms with Crippen LogP contribution in [0.5, 0.6) is 0 Å². The van der Waals surface area contributed by atoms with Gasteiger partial charge in [0.2, 0.25) is 0 Å². The Hall–Kier alpha value is -2.38. The minimum absolute atomic E-state index is 0.204. The highest BCUT2D eigenvalue weighted by molar-refractivity contribution is 6.30. The Bertz CT molecular complexity index is 714. The summed E-state index contributed by atoms with van der Waals surface area (Å²) >= 11 is 5.88. The van der Waals surface area contributed by atoms with Crippen LogP contribution < -0.4 is 21.6 Å². The van der Waals surface area contributed by atoms with E-state index in [1.165, 1.54) is 13.2 Å². The third kappa shape index (κ3) is 4.59. The lowest BCUT2D eigenvalue weighted by Crippen LogP contribution is -2.73. The predicted molar refractivity (Wildman–Crippen MR) is 80.5 cm³/mol. The molecular formula is C13H15ClN5O2+. The van der Waals surface area contributed by atoms with Gasteiger partial charge in [0.05, 0.1) is 12.3 Å². The van der Waals surface area contributed by atoms with Gasteiger partial charge in [0.15, 0.2) is 0 Å². The van der Waals surface area contributed by atoms with Crippen LogP contribution in [0.4, 0.5) is 11.6 Å². The summed E-state index contributed by atoms with van der Waals surface area (Å²) in [5.41, 5.74) is 6.73. The Balaban J connectivity index is 2.20. The molecule has 2 aromatic rings. The summed E-state index contributed by atoms with van der Waals surface area (Å²) in [6.45, 7) is 0.236. The van der Waals surface area contributed by atoms with Gasteiger partial charge < -0.3 is 10.5 Å². The number of anilines is 1. The van der Waals surface area contributed by atoms with Crippen molar-refractivity contribution in [3.63, 3.8) is 0 Å². The minimum atomic E-state index is -0.296. The molecule has 1 heterocycles. The van der Waals surface area contributed by atoms with Gasteiger partial charge in [-0.3, -0.25) is 10.1 Å². The molecule has 0 atom stereocenters. The first-order valence-corrected chi connectivity index (χ1v) is 6.46. The summed E-state index contributed by atoms with van der Waals surface area (Å²) in [5.74, 6) is 0.427. The predicted octanol–water partition coefficient (Wildman–Crippen LogP) is -0.291. The normalized spacial score (nSPS) is 11.4. The van der Waals surface area contributed by atoms with E-state index in [9.17, 15) is 4.79 Å². The van der Waals surface area contributed by atoms with Crippen LogP contribution in [0.25, 0.3) is 0 Å². The summed E-state index contributed by atoms with van der Waals surface area (Å²) in [7, 11) is 1.52. The number of benzene rings is 1. The molecule has 21 heavy (non-hydrogen) atoms. The maximum Gasteiger partial charge on any atom is 0.325 e. The van der Waals surface area contributed by atoms with Gasteiger partial charge in [-0.05, 0) is 18.2 Å². The average Bonchev–Trinajstić information content (AvgIpc) is 2.37. The standard InChI is InChI=1S/C13H14ClN5O2/c1-21-7-10-6-11(20)18-13(17-10)19-12(15)16-9-4-2-3-8(14)5-9/h2-6H,7H2,1H3,(H4,15,16,17,18,19,20)/p+1. The molecule has 0 saturated carbocycles. The largest absolute Gasteiger partial charge is 0.377 e. The SMILES string of the molecule is COCc1cc(=O)[nH]c([NH+]=C(N)Nc2cccc(Cl)c2)n1. The number of guanidine groups is 1. The maximum atomic E-state index is 11.5. The summed E-state index contributed by atoms with van der Waals surface area (Å²) in [5, 5.41) is 3.49. The molecule has 0 amide bonds. The van der Waals surface area contributed by atoms with E-state index < -0.39 is 0 Å². The lowest BCUT2D eigenvalue weighted by atomic mass is 10.3. The molecule has 0 bridgehead atoms. The van der Waals surface area contributed by atoms with Crippen molar-refractivity contribution in [3.05, 3.63) is 51.4 Å². The minimum Gasteiger partial charge on any atom is -0.377 e. The Kier molecular flexibility index (Phi) is 4.91. The third-order valence-electron chi connectivity index (χ3n) is 2.44. The second kappa shape index (κ2) is 6.87. The molecule has 7 nitrogen and oxygen atoms in total. The molecule has 5 N–H and O–H groups in total. The van der Waals surface area contributed by atoms with E-state index in [2.05, 4.69) is 20.3 Å². The number of halogens is 1. The van der Waals surface area contributed by atoms with E-state index in [1.807, 2.05) is 0 Å². The van der Waals surface area contributed by atoms with Crippen molar-refractivity contribution in [2.45, 2.75) is 6.61 Å². The fourth-order valence-corrected chi connectivity index (χ4v) is 1.86. The van der Waals surface area contributed by atoms with Gasteiger partial charge in [-0.25, -0.2) is 9.98 Å². The van der Waals surface area contributed by atoms with Crippen molar-refractivity contribution in [2.75, 3.05) is 12.4 Å². The number of ether oxygens (including phenoxy) is 1. The van der Waals surface area contributed by atoms with Crippen LogP contribution in [0.2, 0.25) is 5.02 Å². The summed E-state index contributed by atoms with van der Waals surface area (Å²) in [6.07, 6.45) is 0. The molecule has 1 aromatic carbocycles. The quantitative estimate of drug-likeness (QED) is 0.458. The molecule has 110 valence electrons. The summed E-state index contributed by atoms with van der Waals surface area (Å²) < 4.78 is 4.94. The van der Waals surface area contributed by atoms with Crippen molar-refractivity contribution in [2.24, 2.45) is 5.73 Å². The first-order valence-electron chi connectivity index (χ1n) is 6.08. The average molecular weight is 309 g/mol. The highest BCUT2D eigenvalue weighted by Gasteiger charge is 2.06. The number of rotatable bonds is 4. The zero-order valence-corrected chi connectivity index (χ0v) is 12.1. The lowest BCUT2D eigenvalue weighted by molar-refractivity contribution is -0.365. The molecule has 0 fully saturated rings. The Labute approximate surface area is 125 Å². The molecule has 0 unspecified atom stereocenters. The summed E-state index contributed by atoms with van der Waals surface area (Å²) in [4.78, 5) is 21.0. The molecule has 0 aliphatic rings. The van der Waals surface area contributed by atoms with Crippen LogP contribution in [0.1, 0.15) is 5.69 Å². The third-order valence-corrected chi connectivity index (χ3v) is 2.68. The van der Waals surface area contributed by atoms with Crippen LogP contribution in [0.15, 0.2) is 35.1 Å². The van der Waals surface area contributed by atoms with E-state index in [1.54, 1.807) is 24.3 Å². The van der Waals surface area contributed by atoms with Crippen LogP contribution in [-0.4, -0.2) is 23.0 Å². The Morgan fingerprint density at radius 1 is 1.52 bits per heavy atom. The van der Waals surface area contributed by atoms with Gasteiger partial charge >= 0.3 is 5.95 Å². The van der Waals surface area contributed by atoms with Crippen molar-refractivity contribution < 1.29 is 9.73 Å². The van der Waals surface area contributed by atoms with Crippen molar-refractivity contribution in [3.8, 4) is 0 Å². The monoisotopic (exact) mass is 308 g/mol. The molecule has 0 radical (unpaired) electrons. The van der Waals surface area contributed by atoms with Crippen LogP contribution in [-0.2, 0) is 11.3 Å². The summed E-state index contributed by atoms with van der Waals surface area (Å²) in [6, 6.07) is 8.42. The number of aromatic amines is 1. The number of H-pyrrole nitrogens is 1. The number of nitrogens with two attached hydrogens (primary N) is 1. The smallest absolute Gasteiger partial charge is 0.325 e. The molecule has 1 aromatic heterocycles. The number of aromatic nitrogens is 2. The van der Waals surface area contributed by atoms with Crippen LogP contribution >= 0.6 is 11.6 Å². The zero-order chi connectivity index (χ0) is 15.2. The molecule has 0 spiro atoms. The van der Waals surface area contributed by atoms with Gasteiger partial charge in [-0.1, -0.05) is 17.7 Å². The molecule has 2 rings (SSSR count). The highest BCUT2D eigenvalue weighted by Crippen LogP contribution is 2.13. The fourth-order valence-electron chi connectivity index (χ4n) is 1.67. The van der Waals surface area contributed by atoms with Crippen LogP contribution in [0.3, 0.4) is 0 Å². The van der Waals surface area contributed by atoms with E-state index in [0.717, 1.165) is 0 Å². The second-order valence-corrected chi connectivity index (χ2v) is 4.63. The topological polar surface area (TPSA) is 107 Å². The molecule has 0 saturated heterocycles. The zero-order valence-electron chi connectivity index (χ0n) is 11.3. The highest BCUT2D eigenvalue weighted by atomic mass is 35.5. The number of nitrogens with zero attached hydrogens (tertiary/aromatic N) is 1. The molecule has 0 aliphatic carbocycles. The number of nitrogens with one attached hydrogen (secondary N) is 3. The molecule has 0 aliphatic heterocycles. The lowest BCUT2D eigenvalue weighted by Gasteiger charge is -2.02. The maximum absolute atomic E-state index is 11.5. The van der Waals surface area contributed by atoms with Crippen molar-refractivity contribution in [1.29, 1.82) is 0 Å². The number of methoxy groups -OCH3 is 1. The second-order valence-electron chi connectivity index (χ2n) is 4.19. The van der Waals surface area contributed by atoms with Crippen molar-refractivity contribution >= 4 is 29.2 Å². The number of hydrogen-bond donors (Lipinski definition) is 4. The van der Waals surface area contributed by atoms with Gasteiger partial charge in [-0.15, -0.1) is 4.98 Å². The van der Waals surface area contributed by atoms with E-state index in [-0.39, 0.29) is 24.1 Å². The van der Waals surface area contributed by atoms with Crippen molar-refractivity contribution in [1.82, 2.24) is 9.97 Å². The Morgan fingerprint density at radius 3 is 3.05 bits per heavy atom. The fraction of sp³-hybridized carbons (Fsp3) is 0.154.